The maximum absolute atomic E-state index is 11.2. The molecule has 0 aliphatic carbocycles. The Kier molecular flexibility index (Phi) is 5.49. The minimum atomic E-state index is -0.908. The van der Waals surface area contributed by atoms with Crippen molar-refractivity contribution >= 4 is 16.5 Å². The van der Waals surface area contributed by atoms with Gasteiger partial charge >= 0.3 is 0 Å². The molecular formula is C12H19NO2S. The number of rotatable bonds is 6. The summed E-state index contributed by atoms with van der Waals surface area (Å²) in [4.78, 5) is 0.852. The Balaban J connectivity index is 2.63. The van der Waals surface area contributed by atoms with Gasteiger partial charge in [-0.3, -0.25) is 4.21 Å². The normalized spacial score (nSPS) is 14.4. The van der Waals surface area contributed by atoms with E-state index in [1.165, 1.54) is 0 Å². The number of methoxy groups -OCH3 is 1. The summed E-state index contributed by atoms with van der Waals surface area (Å²) in [5, 5.41) is 3.37. The topological polar surface area (TPSA) is 38.3 Å². The van der Waals surface area contributed by atoms with E-state index in [1.807, 2.05) is 24.3 Å². The second-order valence-electron chi connectivity index (χ2n) is 3.68. The van der Waals surface area contributed by atoms with Gasteiger partial charge in [0.05, 0.1) is 6.61 Å². The Morgan fingerprint density at radius 1 is 1.38 bits per heavy atom. The van der Waals surface area contributed by atoms with E-state index in [-0.39, 0.29) is 0 Å². The lowest BCUT2D eigenvalue weighted by Gasteiger charge is -2.17. The van der Waals surface area contributed by atoms with Crippen LogP contribution in [0.25, 0.3) is 0 Å². The molecule has 0 aliphatic rings. The van der Waals surface area contributed by atoms with E-state index in [9.17, 15) is 4.21 Å². The Bertz CT molecular complexity index is 337. The molecule has 2 atom stereocenters. The largest absolute Gasteiger partial charge is 0.383 e. The van der Waals surface area contributed by atoms with Gasteiger partial charge in [-0.2, -0.15) is 0 Å². The van der Waals surface area contributed by atoms with Crippen LogP contribution in [-0.4, -0.2) is 30.2 Å². The van der Waals surface area contributed by atoms with Gasteiger partial charge in [0.2, 0.25) is 0 Å². The summed E-state index contributed by atoms with van der Waals surface area (Å²) < 4.78 is 16.3. The highest BCUT2D eigenvalue weighted by molar-refractivity contribution is 7.84. The van der Waals surface area contributed by atoms with Crippen molar-refractivity contribution in [3.05, 3.63) is 24.3 Å². The number of benzene rings is 1. The lowest BCUT2D eigenvalue weighted by atomic mass is 10.2. The molecule has 1 rings (SSSR count). The van der Waals surface area contributed by atoms with E-state index in [0.29, 0.717) is 12.6 Å². The van der Waals surface area contributed by atoms with Gasteiger partial charge in [-0.1, -0.05) is 6.92 Å². The van der Waals surface area contributed by atoms with Crippen LogP contribution in [0.3, 0.4) is 0 Å². The monoisotopic (exact) mass is 241 g/mol. The van der Waals surface area contributed by atoms with Gasteiger partial charge in [0.25, 0.3) is 0 Å². The van der Waals surface area contributed by atoms with Crippen LogP contribution < -0.4 is 5.32 Å². The van der Waals surface area contributed by atoms with Crippen LogP contribution in [0.15, 0.2) is 29.2 Å². The first-order valence-corrected chi connectivity index (χ1v) is 6.92. The van der Waals surface area contributed by atoms with Gasteiger partial charge in [-0.05, 0) is 30.7 Å². The van der Waals surface area contributed by atoms with Gasteiger partial charge in [0, 0.05) is 40.8 Å². The smallest absolute Gasteiger partial charge is 0.0663 e. The first kappa shape index (κ1) is 13.2. The van der Waals surface area contributed by atoms with Gasteiger partial charge in [-0.15, -0.1) is 0 Å². The molecule has 0 fully saturated rings. The van der Waals surface area contributed by atoms with E-state index in [4.69, 9.17) is 4.74 Å². The predicted octanol–water partition coefficient (Wildman–Crippen LogP) is 2.26. The van der Waals surface area contributed by atoms with Gasteiger partial charge in [-0.25, -0.2) is 0 Å². The number of anilines is 1. The fourth-order valence-electron chi connectivity index (χ4n) is 1.44. The summed E-state index contributed by atoms with van der Waals surface area (Å²) in [6.07, 6.45) is 2.69. The second kappa shape index (κ2) is 6.66. The predicted molar refractivity (Wildman–Crippen MR) is 68.4 cm³/mol. The fourth-order valence-corrected chi connectivity index (χ4v) is 1.96. The van der Waals surface area contributed by atoms with Crippen LogP contribution in [0, 0.1) is 0 Å². The standard InChI is InChI=1S/C12H19NO2S/c1-4-10(9-15-2)13-11-5-7-12(8-6-11)16(3)14/h5-8,10,13H,4,9H2,1-3H3/t10-,16-/m1/s1. The summed E-state index contributed by atoms with van der Waals surface area (Å²) in [5.74, 6) is 0. The number of ether oxygens (including phenoxy) is 1. The summed E-state index contributed by atoms with van der Waals surface area (Å²) in [7, 11) is 0.794. The molecule has 1 aromatic rings. The molecule has 0 radical (unpaired) electrons. The molecule has 0 spiro atoms. The summed E-state index contributed by atoms with van der Waals surface area (Å²) in [6, 6.07) is 8.00. The highest BCUT2D eigenvalue weighted by Gasteiger charge is 2.05. The van der Waals surface area contributed by atoms with Crippen molar-refractivity contribution in [2.75, 3.05) is 25.3 Å². The molecule has 16 heavy (non-hydrogen) atoms. The van der Waals surface area contributed by atoms with Crippen LogP contribution in [0.1, 0.15) is 13.3 Å². The van der Waals surface area contributed by atoms with Gasteiger partial charge < -0.3 is 10.1 Å². The number of nitrogens with one attached hydrogen (secondary N) is 1. The SMILES string of the molecule is CC[C@H](COC)Nc1ccc([S@@](C)=O)cc1. The molecule has 0 amide bonds. The molecular weight excluding hydrogens is 222 g/mol. The minimum Gasteiger partial charge on any atom is -0.383 e. The number of hydrogen-bond donors (Lipinski definition) is 1. The second-order valence-corrected chi connectivity index (χ2v) is 5.06. The molecule has 0 bridgehead atoms. The van der Waals surface area contributed by atoms with E-state index in [1.54, 1.807) is 13.4 Å². The molecule has 0 heterocycles. The highest BCUT2D eigenvalue weighted by atomic mass is 32.2. The molecule has 0 saturated heterocycles. The first-order chi connectivity index (χ1) is 7.67. The maximum atomic E-state index is 11.2. The van der Waals surface area contributed by atoms with Crippen LogP contribution in [-0.2, 0) is 15.5 Å². The van der Waals surface area contributed by atoms with Crippen molar-refractivity contribution in [1.82, 2.24) is 0 Å². The fraction of sp³-hybridized carbons (Fsp3) is 0.500. The third-order valence-corrected chi connectivity index (χ3v) is 3.35. The van der Waals surface area contributed by atoms with E-state index in [0.717, 1.165) is 17.0 Å². The van der Waals surface area contributed by atoms with Crippen molar-refractivity contribution in [2.45, 2.75) is 24.3 Å². The molecule has 1 aromatic carbocycles. The molecule has 3 nitrogen and oxygen atoms in total. The Morgan fingerprint density at radius 3 is 2.44 bits per heavy atom. The molecule has 0 saturated carbocycles. The zero-order valence-corrected chi connectivity index (χ0v) is 10.8. The summed E-state index contributed by atoms with van der Waals surface area (Å²) in [5.41, 5.74) is 1.04. The molecule has 90 valence electrons. The maximum Gasteiger partial charge on any atom is 0.0663 e. The minimum absolute atomic E-state index is 0.322. The van der Waals surface area contributed by atoms with Gasteiger partial charge in [0.1, 0.15) is 0 Å². The Morgan fingerprint density at radius 2 is 2.00 bits per heavy atom. The Labute approximate surface area is 99.7 Å². The zero-order valence-electron chi connectivity index (χ0n) is 10.0. The molecule has 0 aromatic heterocycles. The van der Waals surface area contributed by atoms with Gasteiger partial charge in [0.15, 0.2) is 0 Å². The van der Waals surface area contributed by atoms with E-state index >= 15 is 0 Å². The summed E-state index contributed by atoms with van der Waals surface area (Å²) in [6.45, 7) is 2.81. The average Bonchev–Trinajstić information content (AvgIpc) is 2.29. The third-order valence-electron chi connectivity index (χ3n) is 2.42. The quantitative estimate of drug-likeness (QED) is 0.830. The lowest BCUT2D eigenvalue weighted by molar-refractivity contribution is 0.184. The zero-order chi connectivity index (χ0) is 12.0. The summed E-state index contributed by atoms with van der Waals surface area (Å²) >= 11 is 0. The highest BCUT2D eigenvalue weighted by Crippen LogP contribution is 2.13. The molecule has 0 unspecified atom stereocenters. The van der Waals surface area contributed by atoms with Crippen LogP contribution in [0.5, 0.6) is 0 Å². The van der Waals surface area contributed by atoms with Crippen molar-refractivity contribution in [3.8, 4) is 0 Å². The average molecular weight is 241 g/mol. The van der Waals surface area contributed by atoms with Crippen molar-refractivity contribution in [2.24, 2.45) is 0 Å². The van der Waals surface area contributed by atoms with Crippen molar-refractivity contribution in [3.63, 3.8) is 0 Å². The Hall–Kier alpha value is -0.870. The molecule has 1 N–H and O–H groups in total. The first-order valence-electron chi connectivity index (χ1n) is 5.36. The van der Waals surface area contributed by atoms with Crippen LogP contribution in [0.2, 0.25) is 0 Å². The van der Waals surface area contributed by atoms with Crippen LogP contribution in [0.4, 0.5) is 5.69 Å². The lowest BCUT2D eigenvalue weighted by Crippen LogP contribution is -2.23. The van der Waals surface area contributed by atoms with Crippen molar-refractivity contribution < 1.29 is 8.95 Å². The molecule has 4 heteroatoms. The molecule has 0 aliphatic heterocycles. The van der Waals surface area contributed by atoms with E-state index in [2.05, 4.69) is 12.2 Å². The number of hydrogen-bond acceptors (Lipinski definition) is 3. The van der Waals surface area contributed by atoms with Crippen LogP contribution >= 0.6 is 0 Å². The van der Waals surface area contributed by atoms with Crippen molar-refractivity contribution in [1.29, 1.82) is 0 Å². The third kappa shape index (κ3) is 3.94. The van der Waals surface area contributed by atoms with E-state index < -0.39 is 10.8 Å².